The number of quaternary nitrogens is 1. The summed E-state index contributed by atoms with van der Waals surface area (Å²) >= 11 is 5.56. The largest absolute Gasteiger partial charge is 0.782 e. The summed E-state index contributed by atoms with van der Waals surface area (Å²) in [6.45, 7) is 5.84. The van der Waals surface area contributed by atoms with Gasteiger partial charge in [-0.2, -0.15) is 0 Å². The number of nitrogens with one attached hydrogen (secondary N) is 1. The van der Waals surface area contributed by atoms with Crippen LogP contribution in [0.3, 0.4) is 0 Å². The number of nitrogens with zero attached hydrogens (tertiary/aromatic N) is 1. The SMILES string of the molecule is Fc1ccccc1N1CC[NH+](CC([S-])COCc2ccccc2)CC1. The van der Waals surface area contributed by atoms with Crippen molar-refractivity contribution < 1.29 is 14.0 Å². The van der Waals surface area contributed by atoms with Gasteiger partial charge in [0.2, 0.25) is 0 Å². The number of para-hydroxylation sites is 1. The second-order valence-electron chi connectivity index (χ2n) is 6.52. The van der Waals surface area contributed by atoms with Crippen LogP contribution in [0.1, 0.15) is 5.56 Å². The summed E-state index contributed by atoms with van der Waals surface area (Å²) in [5, 5.41) is 0.110. The highest BCUT2D eigenvalue weighted by molar-refractivity contribution is 7.59. The second-order valence-corrected chi connectivity index (χ2v) is 7.18. The van der Waals surface area contributed by atoms with Gasteiger partial charge in [-0.05, 0) is 17.7 Å². The van der Waals surface area contributed by atoms with Crippen molar-refractivity contribution >= 4 is 18.3 Å². The molecule has 25 heavy (non-hydrogen) atoms. The lowest BCUT2D eigenvalue weighted by Crippen LogP contribution is -3.15. The average molecular weight is 360 g/mol. The van der Waals surface area contributed by atoms with Crippen LogP contribution in [-0.2, 0) is 24.0 Å². The summed E-state index contributed by atoms with van der Waals surface area (Å²) in [4.78, 5) is 3.61. The van der Waals surface area contributed by atoms with Gasteiger partial charge in [-0.25, -0.2) is 4.39 Å². The molecule has 1 aliphatic heterocycles. The molecule has 1 atom stereocenters. The van der Waals surface area contributed by atoms with E-state index in [0.717, 1.165) is 32.7 Å². The average Bonchev–Trinajstić information content (AvgIpc) is 2.64. The van der Waals surface area contributed by atoms with Crippen molar-refractivity contribution in [3.05, 3.63) is 66.0 Å². The summed E-state index contributed by atoms with van der Waals surface area (Å²) in [5.74, 6) is -0.138. The number of hydrogen-bond donors (Lipinski definition) is 1. The lowest BCUT2D eigenvalue weighted by Gasteiger charge is -2.36. The van der Waals surface area contributed by atoms with E-state index in [4.69, 9.17) is 17.4 Å². The van der Waals surface area contributed by atoms with Gasteiger partial charge in [0.15, 0.2) is 0 Å². The Morgan fingerprint density at radius 3 is 2.44 bits per heavy atom. The van der Waals surface area contributed by atoms with Gasteiger partial charge in [-0.3, -0.25) is 0 Å². The van der Waals surface area contributed by atoms with Crippen molar-refractivity contribution in [3.63, 3.8) is 0 Å². The van der Waals surface area contributed by atoms with Crippen molar-refractivity contribution in [2.75, 3.05) is 44.2 Å². The van der Waals surface area contributed by atoms with E-state index in [1.807, 2.05) is 30.3 Å². The Kier molecular flexibility index (Phi) is 6.73. The highest BCUT2D eigenvalue weighted by Crippen LogP contribution is 2.18. The molecule has 1 fully saturated rings. The maximum absolute atomic E-state index is 13.9. The van der Waals surface area contributed by atoms with Crippen molar-refractivity contribution in [2.45, 2.75) is 11.9 Å². The predicted molar refractivity (Wildman–Crippen MR) is 101 cm³/mol. The van der Waals surface area contributed by atoms with Gasteiger partial charge in [-0.15, -0.1) is 0 Å². The molecule has 0 spiro atoms. The first kappa shape index (κ1) is 18.2. The van der Waals surface area contributed by atoms with E-state index in [9.17, 15) is 4.39 Å². The molecule has 0 aliphatic carbocycles. The maximum Gasteiger partial charge on any atom is 0.146 e. The Labute approximate surface area is 154 Å². The van der Waals surface area contributed by atoms with Gasteiger partial charge >= 0.3 is 0 Å². The number of anilines is 1. The second kappa shape index (κ2) is 9.22. The summed E-state index contributed by atoms with van der Waals surface area (Å²) in [6, 6.07) is 17.2. The molecule has 134 valence electrons. The highest BCUT2D eigenvalue weighted by atomic mass is 32.1. The quantitative estimate of drug-likeness (QED) is 0.757. The first-order valence-electron chi connectivity index (χ1n) is 8.83. The van der Waals surface area contributed by atoms with Crippen molar-refractivity contribution in [1.29, 1.82) is 0 Å². The number of halogens is 1. The first-order chi connectivity index (χ1) is 12.2. The van der Waals surface area contributed by atoms with Crippen LogP contribution in [0, 0.1) is 5.82 Å². The lowest BCUT2D eigenvalue weighted by molar-refractivity contribution is -0.900. The smallest absolute Gasteiger partial charge is 0.146 e. The summed E-state index contributed by atoms with van der Waals surface area (Å²) in [7, 11) is 0. The third-order valence-corrected chi connectivity index (χ3v) is 4.90. The molecule has 2 aromatic carbocycles. The van der Waals surface area contributed by atoms with Crippen LogP contribution in [0.25, 0.3) is 0 Å². The summed E-state index contributed by atoms with van der Waals surface area (Å²) in [5.41, 5.74) is 1.89. The molecule has 0 amide bonds. The fourth-order valence-electron chi connectivity index (χ4n) is 3.24. The van der Waals surface area contributed by atoms with Gasteiger partial charge in [-0.1, -0.05) is 47.7 Å². The molecule has 3 rings (SSSR count). The topological polar surface area (TPSA) is 16.9 Å². The Hall–Kier alpha value is -1.56. The molecule has 0 saturated carbocycles. The normalized spacial score (nSPS) is 16.8. The van der Waals surface area contributed by atoms with E-state index in [-0.39, 0.29) is 11.1 Å². The van der Waals surface area contributed by atoms with E-state index >= 15 is 0 Å². The molecule has 0 bridgehead atoms. The predicted octanol–water partition coefficient (Wildman–Crippen LogP) is 1.66. The molecule has 5 heteroatoms. The third-order valence-electron chi connectivity index (χ3n) is 4.60. The van der Waals surface area contributed by atoms with Gasteiger partial charge in [0.25, 0.3) is 0 Å². The van der Waals surface area contributed by atoms with Crippen LogP contribution in [0.2, 0.25) is 0 Å². The van der Waals surface area contributed by atoms with E-state index in [2.05, 4.69) is 17.0 Å². The highest BCUT2D eigenvalue weighted by Gasteiger charge is 2.21. The van der Waals surface area contributed by atoms with Gasteiger partial charge in [0, 0.05) is 6.61 Å². The third kappa shape index (κ3) is 5.46. The van der Waals surface area contributed by atoms with Crippen molar-refractivity contribution in [2.24, 2.45) is 0 Å². The Bertz CT molecular complexity index is 647. The number of benzene rings is 2. The van der Waals surface area contributed by atoms with E-state index in [1.165, 1.54) is 16.5 Å². The van der Waals surface area contributed by atoms with Crippen LogP contribution in [0.5, 0.6) is 0 Å². The van der Waals surface area contributed by atoms with Crippen LogP contribution < -0.4 is 9.80 Å². The minimum Gasteiger partial charge on any atom is -0.782 e. The van der Waals surface area contributed by atoms with Crippen LogP contribution in [0.15, 0.2) is 54.6 Å². The van der Waals surface area contributed by atoms with Crippen LogP contribution in [-0.4, -0.2) is 44.6 Å². The minimum absolute atomic E-state index is 0.110. The van der Waals surface area contributed by atoms with Crippen molar-refractivity contribution in [1.82, 2.24) is 0 Å². The van der Waals surface area contributed by atoms with Crippen LogP contribution >= 0.6 is 0 Å². The molecule has 1 unspecified atom stereocenters. The number of hydrogen-bond acceptors (Lipinski definition) is 3. The standard InChI is InChI=1S/C20H25FN2OS/c21-19-8-4-5-9-20(19)23-12-10-22(11-13-23)14-18(25)16-24-15-17-6-2-1-3-7-17/h1-9,18,25H,10-16H2. The Balaban J connectivity index is 1.38. The molecule has 3 nitrogen and oxygen atoms in total. The molecule has 1 heterocycles. The van der Waals surface area contributed by atoms with Gasteiger partial charge in [0.05, 0.1) is 45.0 Å². The molecular weight excluding hydrogens is 335 g/mol. The van der Waals surface area contributed by atoms with E-state index < -0.39 is 0 Å². The fraction of sp³-hybridized carbons (Fsp3) is 0.400. The lowest BCUT2D eigenvalue weighted by atomic mass is 10.2. The zero-order valence-corrected chi connectivity index (χ0v) is 15.2. The Morgan fingerprint density at radius 2 is 1.72 bits per heavy atom. The number of ether oxygens (including phenoxy) is 1. The zero-order valence-electron chi connectivity index (χ0n) is 14.4. The molecular formula is C20H25FN2OS. The molecule has 1 N–H and O–H groups in total. The molecule has 0 radical (unpaired) electrons. The maximum atomic E-state index is 13.9. The number of piperazine rings is 1. The van der Waals surface area contributed by atoms with Gasteiger partial charge in [0.1, 0.15) is 5.82 Å². The monoisotopic (exact) mass is 360 g/mol. The Morgan fingerprint density at radius 1 is 1.04 bits per heavy atom. The molecule has 1 aliphatic rings. The minimum atomic E-state index is -0.138. The zero-order chi connectivity index (χ0) is 17.5. The number of rotatable bonds is 7. The molecule has 0 aromatic heterocycles. The molecule has 1 saturated heterocycles. The summed E-state index contributed by atoms with van der Waals surface area (Å²) < 4.78 is 19.6. The van der Waals surface area contributed by atoms with Crippen molar-refractivity contribution in [3.8, 4) is 0 Å². The molecule has 2 aromatic rings. The summed E-state index contributed by atoms with van der Waals surface area (Å²) in [6.07, 6.45) is 0. The van der Waals surface area contributed by atoms with Gasteiger partial charge < -0.3 is 27.2 Å². The van der Waals surface area contributed by atoms with E-state index in [0.29, 0.717) is 18.9 Å². The van der Waals surface area contributed by atoms with Crippen LogP contribution in [0.4, 0.5) is 10.1 Å². The fourth-order valence-corrected chi connectivity index (χ4v) is 3.57. The first-order valence-corrected chi connectivity index (χ1v) is 9.30. The van der Waals surface area contributed by atoms with E-state index in [1.54, 1.807) is 6.07 Å².